The molecule has 1 saturated carbocycles. The number of nitrogen functional groups attached to an aromatic ring is 1. The summed E-state index contributed by atoms with van der Waals surface area (Å²) in [4.78, 5) is 5.84. The minimum Gasteiger partial charge on any atom is -0.375 e. The molecule has 0 bridgehead atoms. The third kappa shape index (κ3) is 2.13. The standard InChI is InChI=1S/C16H19N3S/c17-15-18-13-8-9-16(10-14(13)20-15,19-12-6-7-12)11-4-2-1-3-5-11/h1-5,12,19H,6-10H2,(H2,17,18). The largest absolute Gasteiger partial charge is 0.375 e. The summed E-state index contributed by atoms with van der Waals surface area (Å²) in [6.45, 7) is 0. The van der Waals surface area contributed by atoms with E-state index in [0.29, 0.717) is 11.2 Å². The zero-order valence-corrected chi connectivity index (χ0v) is 12.2. The van der Waals surface area contributed by atoms with Crippen molar-refractivity contribution < 1.29 is 0 Å². The van der Waals surface area contributed by atoms with Gasteiger partial charge in [0.2, 0.25) is 0 Å². The summed E-state index contributed by atoms with van der Waals surface area (Å²) in [6, 6.07) is 11.6. The molecule has 0 amide bonds. The van der Waals surface area contributed by atoms with Gasteiger partial charge < -0.3 is 11.1 Å². The Labute approximate surface area is 123 Å². The van der Waals surface area contributed by atoms with Crippen LogP contribution in [0.15, 0.2) is 30.3 Å². The Morgan fingerprint density at radius 1 is 1.25 bits per heavy atom. The molecule has 4 rings (SSSR count). The number of nitrogens with one attached hydrogen (secondary N) is 1. The highest BCUT2D eigenvalue weighted by molar-refractivity contribution is 7.15. The van der Waals surface area contributed by atoms with Crippen molar-refractivity contribution in [3.8, 4) is 0 Å². The Morgan fingerprint density at radius 3 is 2.80 bits per heavy atom. The van der Waals surface area contributed by atoms with Crippen LogP contribution in [0.25, 0.3) is 0 Å². The molecule has 3 nitrogen and oxygen atoms in total. The zero-order valence-electron chi connectivity index (χ0n) is 11.4. The number of aromatic nitrogens is 1. The van der Waals surface area contributed by atoms with E-state index in [1.165, 1.54) is 29.0 Å². The van der Waals surface area contributed by atoms with Gasteiger partial charge in [-0.25, -0.2) is 4.98 Å². The third-order valence-corrected chi connectivity index (χ3v) is 5.36. The zero-order chi connectivity index (χ0) is 13.6. The lowest BCUT2D eigenvalue weighted by molar-refractivity contribution is 0.288. The van der Waals surface area contributed by atoms with Crippen LogP contribution in [0.3, 0.4) is 0 Å². The molecule has 1 heterocycles. The highest BCUT2D eigenvalue weighted by atomic mass is 32.1. The van der Waals surface area contributed by atoms with E-state index in [0.717, 1.165) is 19.3 Å². The molecule has 0 spiro atoms. The lowest BCUT2D eigenvalue weighted by Crippen LogP contribution is -2.47. The van der Waals surface area contributed by atoms with Crippen molar-refractivity contribution in [2.24, 2.45) is 0 Å². The molecular formula is C16H19N3S. The number of thiazole rings is 1. The van der Waals surface area contributed by atoms with Crippen LogP contribution >= 0.6 is 11.3 Å². The van der Waals surface area contributed by atoms with E-state index in [2.05, 4.69) is 40.6 Å². The first-order valence-electron chi connectivity index (χ1n) is 7.32. The second kappa shape index (κ2) is 4.57. The van der Waals surface area contributed by atoms with Crippen molar-refractivity contribution in [3.63, 3.8) is 0 Å². The summed E-state index contributed by atoms with van der Waals surface area (Å²) in [5, 5.41) is 4.62. The smallest absolute Gasteiger partial charge is 0.180 e. The Bertz CT molecular complexity index is 618. The number of aryl methyl sites for hydroxylation is 1. The molecule has 20 heavy (non-hydrogen) atoms. The molecule has 1 aromatic carbocycles. The van der Waals surface area contributed by atoms with Crippen molar-refractivity contribution in [3.05, 3.63) is 46.5 Å². The lowest BCUT2D eigenvalue weighted by atomic mass is 9.77. The first-order valence-corrected chi connectivity index (χ1v) is 8.14. The van der Waals surface area contributed by atoms with Crippen molar-refractivity contribution in [2.75, 3.05) is 5.73 Å². The lowest BCUT2D eigenvalue weighted by Gasteiger charge is -2.38. The number of anilines is 1. The van der Waals surface area contributed by atoms with Crippen molar-refractivity contribution in [1.82, 2.24) is 10.3 Å². The molecule has 1 fully saturated rings. The van der Waals surface area contributed by atoms with Crippen LogP contribution in [0.1, 0.15) is 35.4 Å². The van der Waals surface area contributed by atoms with Gasteiger partial charge in [-0.3, -0.25) is 0 Å². The van der Waals surface area contributed by atoms with E-state index in [-0.39, 0.29) is 5.54 Å². The van der Waals surface area contributed by atoms with Gasteiger partial charge in [0.05, 0.1) is 5.69 Å². The number of hydrogen-bond acceptors (Lipinski definition) is 4. The molecule has 4 heteroatoms. The summed E-state index contributed by atoms with van der Waals surface area (Å²) in [5.41, 5.74) is 8.59. The Kier molecular flexibility index (Phi) is 2.82. The predicted molar refractivity (Wildman–Crippen MR) is 82.8 cm³/mol. The number of nitrogens with zero attached hydrogens (tertiary/aromatic N) is 1. The molecule has 0 saturated heterocycles. The number of hydrogen-bond donors (Lipinski definition) is 2. The fourth-order valence-corrected chi connectivity index (χ4v) is 4.25. The van der Waals surface area contributed by atoms with Crippen LogP contribution in [0.5, 0.6) is 0 Å². The van der Waals surface area contributed by atoms with Gasteiger partial charge in [-0.15, -0.1) is 11.3 Å². The van der Waals surface area contributed by atoms with Crippen molar-refractivity contribution in [1.29, 1.82) is 0 Å². The predicted octanol–water partition coefficient (Wildman–Crippen LogP) is 2.86. The van der Waals surface area contributed by atoms with Crippen LogP contribution in [-0.4, -0.2) is 11.0 Å². The summed E-state index contributed by atoms with van der Waals surface area (Å²) in [5.74, 6) is 0. The molecule has 2 aliphatic rings. The van der Waals surface area contributed by atoms with Gasteiger partial charge in [0.1, 0.15) is 0 Å². The van der Waals surface area contributed by atoms with Crippen LogP contribution in [0.4, 0.5) is 5.13 Å². The molecule has 0 radical (unpaired) electrons. The molecule has 1 unspecified atom stereocenters. The van der Waals surface area contributed by atoms with Crippen LogP contribution in [-0.2, 0) is 18.4 Å². The first-order chi connectivity index (χ1) is 9.75. The molecule has 3 N–H and O–H groups in total. The van der Waals surface area contributed by atoms with Gasteiger partial charge in [0, 0.05) is 22.9 Å². The number of rotatable bonds is 3. The van der Waals surface area contributed by atoms with E-state index < -0.39 is 0 Å². The highest BCUT2D eigenvalue weighted by Gasteiger charge is 2.41. The van der Waals surface area contributed by atoms with Gasteiger partial charge in [0.15, 0.2) is 5.13 Å². The Balaban J connectivity index is 1.73. The highest BCUT2D eigenvalue weighted by Crippen LogP contribution is 2.41. The second-order valence-electron chi connectivity index (χ2n) is 5.97. The van der Waals surface area contributed by atoms with E-state index in [1.807, 2.05) is 0 Å². The summed E-state index contributed by atoms with van der Waals surface area (Å²) in [7, 11) is 0. The van der Waals surface area contributed by atoms with Gasteiger partial charge in [-0.05, 0) is 31.2 Å². The average molecular weight is 285 g/mol. The molecular weight excluding hydrogens is 266 g/mol. The quantitative estimate of drug-likeness (QED) is 0.911. The van der Waals surface area contributed by atoms with E-state index in [4.69, 9.17) is 5.73 Å². The second-order valence-corrected chi connectivity index (χ2v) is 7.08. The van der Waals surface area contributed by atoms with E-state index in [9.17, 15) is 0 Å². The maximum atomic E-state index is 5.89. The molecule has 0 aliphatic heterocycles. The topological polar surface area (TPSA) is 50.9 Å². The summed E-state index contributed by atoms with van der Waals surface area (Å²) in [6.07, 6.45) is 5.79. The third-order valence-electron chi connectivity index (χ3n) is 4.43. The molecule has 1 atom stereocenters. The minimum atomic E-state index is 0.0778. The Hall–Kier alpha value is -1.39. The fraction of sp³-hybridized carbons (Fsp3) is 0.438. The molecule has 2 aliphatic carbocycles. The molecule has 2 aromatic rings. The van der Waals surface area contributed by atoms with E-state index >= 15 is 0 Å². The number of nitrogens with two attached hydrogens (primary N) is 1. The van der Waals surface area contributed by atoms with Crippen molar-refractivity contribution >= 4 is 16.5 Å². The molecule has 104 valence electrons. The molecule has 1 aromatic heterocycles. The fourth-order valence-electron chi connectivity index (χ4n) is 3.26. The number of fused-ring (bicyclic) bond motifs is 1. The van der Waals surface area contributed by atoms with Gasteiger partial charge in [0.25, 0.3) is 0 Å². The van der Waals surface area contributed by atoms with Crippen LogP contribution < -0.4 is 11.1 Å². The number of benzene rings is 1. The maximum Gasteiger partial charge on any atom is 0.180 e. The van der Waals surface area contributed by atoms with Gasteiger partial charge >= 0.3 is 0 Å². The minimum absolute atomic E-state index is 0.0778. The van der Waals surface area contributed by atoms with Crippen molar-refractivity contribution in [2.45, 2.75) is 43.7 Å². The van der Waals surface area contributed by atoms with Gasteiger partial charge in [-0.1, -0.05) is 30.3 Å². The summed E-state index contributed by atoms with van der Waals surface area (Å²) >= 11 is 1.66. The maximum absolute atomic E-state index is 5.89. The van der Waals surface area contributed by atoms with Crippen LogP contribution in [0, 0.1) is 0 Å². The SMILES string of the molecule is Nc1nc2c(s1)CC(NC1CC1)(c1ccccc1)CC2. The van der Waals surface area contributed by atoms with Gasteiger partial charge in [-0.2, -0.15) is 0 Å². The normalized spacial score (nSPS) is 25.4. The Morgan fingerprint density at radius 2 is 2.05 bits per heavy atom. The summed E-state index contributed by atoms with van der Waals surface area (Å²) < 4.78 is 0. The monoisotopic (exact) mass is 285 g/mol. The van der Waals surface area contributed by atoms with Crippen LogP contribution in [0.2, 0.25) is 0 Å². The van der Waals surface area contributed by atoms with E-state index in [1.54, 1.807) is 11.3 Å². The first kappa shape index (κ1) is 12.4. The average Bonchev–Trinajstić information content (AvgIpc) is 3.19.